The summed E-state index contributed by atoms with van der Waals surface area (Å²) in [6, 6.07) is 5.21. The molecule has 1 rings (SSSR count). The van der Waals surface area contributed by atoms with Gasteiger partial charge in [0.2, 0.25) is 0 Å². The van der Waals surface area contributed by atoms with E-state index in [1.54, 1.807) is 13.0 Å². The van der Waals surface area contributed by atoms with Gasteiger partial charge in [-0.2, -0.15) is 0 Å². The second-order valence-electron chi connectivity index (χ2n) is 4.03. The van der Waals surface area contributed by atoms with Gasteiger partial charge in [-0.15, -0.1) is 0 Å². The molecule has 0 unspecified atom stereocenters. The molecule has 0 spiro atoms. The van der Waals surface area contributed by atoms with Crippen molar-refractivity contribution in [2.24, 2.45) is 0 Å². The molecule has 0 fully saturated rings. The summed E-state index contributed by atoms with van der Waals surface area (Å²) in [6.07, 6.45) is 4.08. The Morgan fingerprint density at radius 2 is 1.94 bits per heavy atom. The zero-order chi connectivity index (χ0) is 11.8. The van der Waals surface area contributed by atoms with Crippen molar-refractivity contribution in [3.05, 3.63) is 29.6 Å². The number of anilines is 1. The minimum Gasteiger partial charge on any atom is -0.396 e. The number of nitrogens with one attached hydrogen (secondary N) is 1. The molecule has 0 heterocycles. The number of unbranched alkanes of at least 4 members (excludes halogenated alkanes) is 3. The van der Waals surface area contributed by atoms with Gasteiger partial charge in [0, 0.05) is 18.8 Å². The number of aliphatic hydroxyl groups is 1. The zero-order valence-corrected chi connectivity index (χ0v) is 9.80. The average Bonchev–Trinajstić information content (AvgIpc) is 2.28. The van der Waals surface area contributed by atoms with Crippen molar-refractivity contribution in [2.45, 2.75) is 32.6 Å². The quantitative estimate of drug-likeness (QED) is 0.699. The summed E-state index contributed by atoms with van der Waals surface area (Å²) < 4.78 is 13.2. The fourth-order valence-corrected chi connectivity index (χ4v) is 1.53. The number of hydrogen-bond donors (Lipinski definition) is 2. The maximum absolute atomic E-state index is 13.2. The van der Waals surface area contributed by atoms with Crippen LogP contribution in [0.5, 0.6) is 0 Å². The molecule has 0 aliphatic carbocycles. The highest BCUT2D eigenvalue weighted by Crippen LogP contribution is 2.13. The van der Waals surface area contributed by atoms with Crippen LogP contribution in [-0.4, -0.2) is 18.3 Å². The molecule has 0 radical (unpaired) electrons. The van der Waals surface area contributed by atoms with Crippen molar-refractivity contribution in [2.75, 3.05) is 18.5 Å². The van der Waals surface area contributed by atoms with Gasteiger partial charge < -0.3 is 10.4 Å². The fraction of sp³-hybridized carbons (Fsp3) is 0.538. The molecule has 90 valence electrons. The molecule has 0 aliphatic heterocycles. The van der Waals surface area contributed by atoms with Gasteiger partial charge in [-0.1, -0.05) is 18.9 Å². The Hall–Kier alpha value is -1.09. The van der Waals surface area contributed by atoms with Crippen molar-refractivity contribution < 1.29 is 9.50 Å². The summed E-state index contributed by atoms with van der Waals surface area (Å²) in [6.45, 7) is 2.89. The van der Waals surface area contributed by atoms with E-state index in [4.69, 9.17) is 5.11 Å². The molecule has 0 bridgehead atoms. The molecule has 0 saturated carbocycles. The van der Waals surface area contributed by atoms with Crippen LogP contribution in [0.2, 0.25) is 0 Å². The molecule has 2 nitrogen and oxygen atoms in total. The van der Waals surface area contributed by atoms with Gasteiger partial charge in [-0.05, 0) is 37.5 Å². The van der Waals surface area contributed by atoms with E-state index in [0.29, 0.717) is 5.56 Å². The van der Waals surface area contributed by atoms with Gasteiger partial charge in [0.15, 0.2) is 0 Å². The van der Waals surface area contributed by atoms with Gasteiger partial charge in [0.25, 0.3) is 0 Å². The summed E-state index contributed by atoms with van der Waals surface area (Å²) in [7, 11) is 0. The molecule has 0 atom stereocenters. The monoisotopic (exact) mass is 225 g/mol. The van der Waals surface area contributed by atoms with Crippen LogP contribution in [0.15, 0.2) is 18.2 Å². The highest BCUT2D eigenvalue weighted by molar-refractivity contribution is 5.44. The first-order valence-electron chi connectivity index (χ1n) is 5.85. The third-order valence-corrected chi connectivity index (χ3v) is 2.59. The summed E-state index contributed by atoms with van der Waals surface area (Å²) in [4.78, 5) is 0. The molecule has 0 saturated heterocycles. The van der Waals surface area contributed by atoms with Gasteiger partial charge in [-0.3, -0.25) is 0 Å². The second kappa shape index (κ2) is 7.23. The number of rotatable bonds is 7. The summed E-state index contributed by atoms with van der Waals surface area (Å²) in [5.74, 6) is -0.162. The minimum absolute atomic E-state index is 0.162. The number of aliphatic hydroxyl groups excluding tert-OH is 1. The van der Waals surface area contributed by atoms with E-state index in [2.05, 4.69) is 5.32 Å². The predicted octanol–water partition coefficient (Wildman–Crippen LogP) is 3.10. The highest BCUT2D eigenvalue weighted by atomic mass is 19.1. The Kier molecular flexibility index (Phi) is 5.86. The van der Waals surface area contributed by atoms with Gasteiger partial charge >= 0.3 is 0 Å². The van der Waals surface area contributed by atoms with E-state index in [9.17, 15) is 4.39 Å². The van der Waals surface area contributed by atoms with E-state index in [0.717, 1.165) is 37.9 Å². The minimum atomic E-state index is -0.162. The number of aryl methyl sites for hydroxylation is 1. The maximum Gasteiger partial charge on any atom is 0.128 e. The van der Waals surface area contributed by atoms with Crippen LogP contribution >= 0.6 is 0 Å². The molecule has 1 aromatic carbocycles. The van der Waals surface area contributed by atoms with Crippen LogP contribution in [0.4, 0.5) is 10.1 Å². The fourth-order valence-electron chi connectivity index (χ4n) is 1.53. The van der Waals surface area contributed by atoms with Crippen LogP contribution < -0.4 is 5.32 Å². The number of halogens is 1. The zero-order valence-electron chi connectivity index (χ0n) is 9.80. The summed E-state index contributed by atoms with van der Waals surface area (Å²) in [5, 5.41) is 11.8. The molecule has 1 aromatic rings. The Bertz CT molecular complexity index is 315. The van der Waals surface area contributed by atoms with Crippen LogP contribution in [0.1, 0.15) is 31.2 Å². The molecular weight excluding hydrogens is 205 g/mol. The topological polar surface area (TPSA) is 32.3 Å². The molecule has 2 N–H and O–H groups in total. The first kappa shape index (κ1) is 13.0. The number of benzene rings is 1. The normalized spacial score (nSPS) is 10.4. The Morgan fingerprint density at radius 3 is 2.62 bits per heavy atom. The Balaban J connectivity index is 2.19. The van der Waals surface area contributed by atoms with Crippen molar-refractivity contribution >= 4 is 5.69 Å². The highest BCUT2D eigenvalue weighted by Gasteiger charge is 1.98. The standard InChI is InChI=1S/C13H20FNO/c1-11-6-7-12(10-13(11)14)15-8-4-2-3-5-9-16/h6-7,10,15-16H,2-5,8-9H2,1H3. The summed E-state index contributed by atoms with van der Waals surface area (Å²) in [5.41, 5.74) is 1.51. The van der Waals surface area contributed by atoms with Gasteiger partial charge in [-0.25, -0.2) is 4.39 Å². The maximum atomic E-state index is 13.2. The van der Waals surface area contributed by atoms with Crippen LogP contribution in [0.25, 0.3) is 0 Å². The number of hydrogen-bond acceptors (Lipinski definition) is 2. The lowest BCUT2D eigenvalue weighted by molar-refractivity contribution is 0.283. The predicted molar refractivity (Wildman–Crippen MR) is 65.2 cm³/mol. The van der Waals surface area contributed by atoms with Crippen molar-refractivity contribution in [3.8, 4) is 0 Å². The van der Waals surface area contributed by atoms with Crippen molar-refractivity contribution in [1.29, 1.82) is 0 Å². The van der Waals surface area contributed by atoms with Crippen LogP contribution in [0, 0.1) is 12.7 Å². The third-order valence-electron chi connectivity index (χ3n) is 2.59. The van der Waals surface area contributed by atoms with Gasteiger partial charge in [0.05, 0.1) is 0 Å². The smallest absolute Gasteiger partial charge is 0.128 e. The lowest BCUT2D eigenvalue weighted by Crippen LogP contribution is -2.02. The van der Waals surface area contributed by atoms with Crippen molar-refractivity contribution in [1.82, 2.24) is 0 Å². The second-order valence-corrected chi connectivity index (χ2v) is 4.03. The van der Waals surface area contributed by atoms with Crippen LogP contribution in [-0.2, 0) is 0 Å². The molecule has 0 aromatic heterocycles. The molecular formula is C13H20FNO. The van der Waals surface area contributed by atoms with E-state index in [-0.39, 0.29) is 12.4 Å². The molecule has 0 aliphatic rings. The largest absolute Gasteiger partial charge is 0.396 e. The first-order valence-corrected chi connectivity index (χ1v) is 5.85. The van der Waals surface area contributed by atoms with Gasteiger partial charge in [0.1, 0.15) is 5.82 Å². The summed E-state index contributed by atoms with van der Waals surface area (Å²) >= 11 is 0. The molecule has 3 heteroatoms. The molecule has 0 amide bonds. The first-order chi connectivity index (χ1) is 7.74. The Labute approximate surface area is 96.5 Å². The lowest BCUT2D eigenvalue weighted by atomic mass is 10.2. The Morgan fingerprint density at radius 1 is 1.19 bits per heavy atom. The third kappa shape index (κ3) is 4.62. The molecule has 16 heavy (non-hydrogen) atoms. The lowest BCUT2D eigenvalue weighted by Gasteiger charge is -2.07. The SMILES string of the molecule is Cc1ccc(NCCCCCCO)cc1F. The van der Waals surface area contributed by atoms with E-state index >= 15 is 0 Å². The van der Waals surface area contributed by atoms with E-state index in [1.807, 2.05) is 6.07 Å². The van der Waals surface area contributed by atoms with E-state index in [1.165, 1.54) is 6.07 Å². The average molecular weight is 225 g/mol. The van der Waals surface area contributed by atoms with E-state index < -0.39 is 0 Å². The van der Waals surface area contributed by atoms with Crippen molar-refractivity contribution in [3.63, 3.8) is 0 Å². The van der Waals surface area contributed by atoms with Crippen LogP contribution in [0.3, 0.4) is 0 Å².